The molecule has 1 aliphatic rings. The van der Waals surface area contributed by atoms with E-state index in [0.717, 1.165) is 23.9 Å². The Morgan fingerprint density at radius 1 is 1.18 bits per heavy atom. The molecule has 2 aromatic heterocycles. The second-order valence-corrected chi connectivity index (χ2v) is 10.8. The highest BCUT2D eigenvalue weighted by atomic mass is 32.2. The minimum atomic E-state index is -3.45. The molecule has 3 heterocycles. The number of pyridine rings is 1. The fraction of sp³-hybridized carbons (Fsp3) is 0.231. The minimum Gasteiger partial charge on any atom is -0.486 e. The molecule has 0 spiro atoms. The Labute approximate surface area is 218 Å². The molecule has 0 aliphatic carbocycles. The molecule has 38 heavy (non-hydrogen) atoms. The molecule has 4 aromatic rings. The minimum absolute atomic E-state index is 0.111. The summed E-state index contributed by atoms with van der Waals surface area (Å²) in [6.45, 7) is 2.89. The van der Waals surface area contributed by atoms with Crippen LogP contribution in [-0.2, 0) is 14.4 Å². The summed E-state index contributed by atoms with van der Waals surface area (Å²) in [6.07, 6.45) is 2.17. The fourth-order valence-corrected chi connectivity index (χ4v) is 5.51. The van der Waals surface area contributed by atoms with Crippen LogP contribution in [0.3, 0.4) is 0 Å². The van der Waals surface area contributed by atoms with Gasteiger partial charge in [-0.1, -0.05) is 0 Å². The van der Waals surface area contributed by atoms with Crippen molar-refractivity contribution < 1.29 is 27.2 Å². The number of fused-ring (bicyclic) bond motifs is 1. The average molecular weight is 542 g/mol. The van der Waals surface area contributed by atoms with Crippen LogP contribution in [0.5, 0.6) is 11.6 Å². The number of nitrogens with one attached hydrogen (secondary N) is 1. The van der Waals surface area contributed by atoms with E-state index in [9.17, 15) is 13.0 Å². The van der Waals surface area contributed by atoms with E-state index in [1.807, 2.05) is 13.0 Å². The number of ether oxygens (including phenoxy) is 3. The molecular formula is C26H25F2N5O4S. The molecule has 12 heteroatoms. The molecule has 2 atom stereocenters. The van der Waals surface area contributed by atoms with Crippen LogP contribution in [0.1, 0.15) is 12.1 Å². The number of rotatable bonds is 7. The van der Waals surface area contributed by atoms with Crippen molar-refractivity contribution in [1.82, 2.24) is 15.0 Å². The second-order valence-electron chi connectivity index (χ2n) is 8.77. The zero-order chi connectivity index (χ0) is 27.0. The predicted molar refractivity (Wildman–Crippen MR) is 142 cm³/mol. The average Bonchev–Trinajstić information content (AvgIpc) is 3.37. The van der Waals surface area contributed by atoms with E-state index in [-0.39, 0.29) is 28.5 Å². The zero-order valence-electron chi connectivity index (χ0n) is 20.7. The van der Waals surface area contributed by atoms with Gasteiger partial charge in [-0.25, -0.2) is 27.9 Å². The monoisotopic (exact) mass is 541 g/mol. The third kappa shape index (κ3) is 5.04. The first-order valence-electron chi connectivity index (χ1n) is 11.6. The summed E-state index contributed by atoms with van der Waals surface area (Å²) in [4.78, 5) is 12.7. The van der Waals surface area contributed by atoms with Gasteiger partial charge in [0, 0.05) is 29.6 Å². The molecule has 0 saturated carbocycles. The number of aryl methyl sites for hydroxylation is 1. The van der Waals surface area contributed by atoms with E-state index < -0.39 is 21.3 Å². The number of aromatic nitrogens is 3. The van der Waals surface area contributed by atoms with E-state index in [1.165, 1.54) is 7.11 Å². The zero-order valence-corrected chi connectivity index (χ0v) is 21.5. The van der Waals surface area contributed by atoms with Crippen molar-refractivity contribution in [2.24, 2.45) is 0 Å². The Morgan fingerprint density at radius 3 is 2.71 bits per heavy atom. The van der Waals surface area contributed by atoms with Crippen molar-refractivity contribution in [3.8, 4) is 22.8 Å². The molecule has 1 unspecified atom stereocenters. The Balaban J connectivity index is 1.59. The van der Waals surface area contributed by atoms with Crippen molar-refractivity contribution in [2.45, 2.75) is 24.3 Å². The summed E-state index contributed by atoms with van der Waals surface area (Å²) >= 11 is 0. The SMILES string of the molecule is C=S(=O)(Nc1cc(-c2cc(O[C@H]3CCOC3)c3nc(N)nc(C)c3c2)cnc1OC)c1ccc(F)cc1F. The number of anilines is 2. The summed E-state index contributed by atoms with van der Waals surface area (Å²) in [5.74, 6) is 2.62. The molecule has 2 aromatic carbocycles. The van der Waals surface area contributed by atoms with Gasteiger partial charge in [0.2, 0.25) is 11.8 Å². The van der Waals surface area contributed by atoms with Crippen molar-refractivity contribution in [3.05, 3.63) is 59.9 Å². The number of nitrogens with zero attached hydrogens (tertiary/aromatic N) is 3. The predicted octanol–water partition coefficient (Wildman–Crippen LogP) is 4.14. The van der Waals surface area contributed by atoms with Crippen LogP contribution >= 0.6 is 0 Å². The van der Waals surface area contributed by atoms with Crippen LogP contribution in [0, 0.1) is 18.6 Å². The highest BCUT2D eigenvalue weighted by Gasteiger charge is 2.22. The Kier molecular flexibility index (Phi) is 6.76. The molecule has 0 radical (unpaired) electrons. The van der Waals surface area contributed by atoms with Crippen molar-refractivity contribution >= 4 is 38.1 Å². The molecule has 9 nitrogen and oxygen atoms in total. The maximum absolute atomic E-state index is 14.4. The molecule has 1 fully saturated rings. The fourth-order valence-electron chi connectivity index (χ4n) is 4.23. The molecular weight excluding hydrogens is 516 g/mol. The van der Waals surface area contributed by atoms with Gasteiger partial charge in [-0.3, -0.25) is 0 Å². The molecule has 1 saturated heterocycles. The number of nitrogens with two attached hydrogens (primary N) is 1. The van der Waals surface area contributed by atoms with Gasteiger partial charge < -0.3 is 24.7 Å². The van der Waals surface area contributed by atoms with Gasteiger partial charge >= 0.3 is 0 Å². The normalized spacial score (nSPS) is 16.8. The van der Waals surface area contributed by atoms with Gasteiger partial charge in [-0.05, 0) is 48.7 Å². The maximum Gasteiger partial charge on any atom is 0.238 e. The van der Waals surface area contributed by atoms with E-state index in [0.29, 0.717) is 47.4 Å². The van der Waals surface area contributed by atoms with Crippen molar-refractivity contribution in [3.63, 3.8) is 0 Å². The van der Waals surface area contributed by atoms with Crippen LogP contribution in [0.25, 0.3) is 22.0 Å². The number of nitrogen functional groups attached to an aromatic ring is 1. The first-order valence-corrected chi connectivity index (χ1v) is 13.3. The summed E-state index contributed by atoms with van der Waals surface area (Å²) in [6, 6.07) is 8.08. The lowest BCUT2D eigenvalue weighted by atomic mass is 10.0. The van der Waals surface area contributed by atoms with Crippen molar-refractivity contribution in [1.29, 1.82) is 0 Å². The molecule has 0 amide bonds. The molecule has 3 N–H and O–H groups in total. The van der Waals surface area contributed by atoms with Crippen LogP contribution in [0.2, 0.25) is 0 Å². The van der Waals surface area contributed by atoms with E-state index in [4.69, 9.17) is 19.9 Å². The molecule has 198 valence electrons. The van der Waals surface area contributed by atoms with E-state index in [2.05, 4.69) is 25.5 Å². The van der Waals surface area contributed by atoms with Crippen LogP contribution in [0.4, 0.5) is 20.4 Å². The van der Waals surface area contributed by atoms with Gasteiger partial charge in [-0.15, -0.1) is 0 Å². The largest absolute Gasteiger partial charge is 0.486 e. The van der Waals surface area contributed by atoms with Crippen LogP contribution in [0.15, 0.2) is 47.5 Å². The number of methoxy groups -OCH3 is 1. The van der Waals surface area contributed by atoms with Gasteiger partial charge in [0.05, 0.1) is 40.6 Å². The number of hydrogen-bond donors (Lipinski definition) is 2. The van der Waals surface area contributed by atoms with Gasteiger partial charge in [0.1, 0.15) is 34.7 Å². The highest BCUT2D eigenvalue weighted by Crippen LogP contribution is 2.37. The van der Waals surface area contributed by atoms with Crippen LogP contribution < -0.4 is 19.9 Å². The number of hydrogen-bond acceptors (Lipinski definition) is 8. The van der Waals surface area contributed by atoms with E-state index in [1.54, 1.807) is 18.3 Å². The summed E-state index contributed by atoms with van der Waals surface area (Å²) in [5.41, 5.74) is 8.65. The van der Waals surface area contributed by atoms with E-state index >= 15 is 0 Å². The lowest BCUT2D eigenvalue weighted by molar-refractivity contribution is 0.142. The van der Waals surface area contributed by atoms with Crippen molar-refractivity contribution in [2.75, 3.05) is 30.8 Å². The smallest absolute Gasteiger partial charge is 0.238 e. The first kappa shape index (κ1) is 25.6. The lowest BCUT2D eigenvalue weighted by Crippen LogP contribution is -2.16. The highest BCUT2D eigenvalue weighted by molar-refractivity contribution is 8.01. The maximum atomic E-state index is 14.4. The standard InChI is InChI=1S/C26H25F2N5O4S/c1-14-19-8-15(10-22(24(19)32-26(29)31-14)37-18-6-7-36-13-18)16-9-21(25(35-2)30-12-16)33-38(3,34)23-5-4-17(27)11-20(23)28/h4-5,8-12,18H,3,6-7,13H2,1-2H3,(H,33,34)(H2,29,31,32)/t18-,38?/m0/s1. The molecule has 5 rings (SSSR count). The van der Waals surface area contributed by atoms with Gasteiger partial charge in [0.15, 0.2) is 0 Å². The Hall–Kier alpha value is -4.03. The molecule has 0 bridgehead atoms. The lowest BCUT2D eigenvalue weighted by Gasteiger charge is -2.18. The van der Waals surface area contributed by atoms with Crippen LogP contribution in [-0.4, -0.2) is 51.5 Å². The quantitative estimate of drug-likeness (QED) is 0.335. The number of halogens is 2. The first-order chi connectivity index (χ1) is 18.1. The second kappa shape index (κ2) is 10.0. The summed E-state index contributed by atoms with van der Waals surface area (Å²) < 4.78 is 60.9. The third-order valence-corrected chi connectivity index (χ3v) is 7.65. The summed E-state index contributed by atoms with van der Waals surface area (Å²) in [7, 11) is -2.05. The third-order valence-electron chi connectivity index (χ3n) is 6.06. The summed E-state index contributed by atoms with van der Waals surface area (Å²) in [5, 5.41) is 0.727. The Morgan fingerprint density at radius 2 is 2.00 bits per heavy atom. The number of benzene rings is 2. The van der Waals surface area contributed by atoms with Gasteiger partial charge in [-0.2, -0.15) is 0 Å². The molecule has 1 aliphatic heterocycles. The Bertz CT molecular complexity index is 1640. The van der Waals surface area contributed by atoms with Gasteiger partial charge in [0.25, 0.3) is 0 Å². The topological polar surface area (TPSA) is 121 Å².